The fourth-order valence-corrected chi connectivity index (χ4v) is 4.89. The maximum Gasteiger partial charge on any atom is 0.248 e. The molecule has 0 radical (unpaired) electrons. The van der Waals surface area contributed by atoms with E-state index in [1.165, 1.54) is 25.9 Å². The second kappa shape index (κ2) is 6.13. The van der Waals surface area contributed by atoms with Crippen molar-refractivity contribution in [1.29, 1.82) is 0 Å². The average molecular weight is 315 g/mol. The normalized spacial score (nSPS) is 32.2. The minimum absolute atomic E-state index is 0.402. The molecule has 4 rings (SSSR count). The van der Waals surface area contributed by atoms with Gasteiger partial charge in [0.1, 0.15) is 5.75 Å². The highest BCUT2D eigenvalue weighted by Gasteiger charge is 2.53. The number of fused-ring (bicyclic) bond motifs is 5. The van der Waals surface area contributed by atoms with E-state index in [9.17, 15) is 4.79 Å². The van der Waals surface area contributed by atoms with Crippen molar-refractivity contribution in [3.63, 3.8) is 0 Å². The van der Waals surface area contributed by atoms with E-state index < -0.39 is 5.91 Å². The second-order valence-electron chi connectivity index (χ2n) is 7.03. The van der Waals surface area contributed by atoms with Gasteiger partial charge in [-0.3, -0.25) is 9.69 Å². The minimum Gasteiger partial charge on any atom is -0.494 e. The number of nitrogens with zero attached hydrogens (tertiary/aromatic N) is 1. The van der Waals surface area contributed by atoms with Crippen LogP contribution in [0, 0.1) is 11.8 Å². The summed E-state index contributed by atoms with van der Waals surface area (Å²) in [5.74, 6) is 2.17. The summed E-state index contributed by atoms with van der Waals surface area (Å²) >= 11 is 0. The third kappa shape index (κ3) is 2.72. The monoisotopic (exact) mass is 315 g/mol. The maximum absolute atomic E-state index is 11.0. The van der Waals surface area contributed by atoms with Crippen LogP contribution in [0.15, 0.2) is 24.3 Å². The number of hydrogen-bond donors (Lipinski definition) is 2. The van der Waals surface area contributed by atoms with E-state index >= 15 is 0 Å². The smallest absolute Gasteiger partial charge is 0.248 e. The van der Waals surface area contributed by atoms with Crippen molar-refractivity contribution in [2.75, 3.05) is 26.2 Å². The van der Waals surface area contributed by atoms with E-state index in [2.05, 4.69) is 10.2 Å². The first-order valence-electron chi connectivity index (χ1n) is 8.73. The summed E-state index contributed by atoms with van der Waals surface area (Å²) in [6.45, 7) is 4.29. The van der Waals surface area contributed by atoms with Crippen molar-refractivity contribution in [1.82, 2.24) is 10.2 Å². The molecule has 3 aliphatic heterocycles. The van der Waals surface area contributed by atoms with Crippen molar-refractivity contribution in [3.8, 4) is 5.75 Å². The number of carbonyl (C=O) groups excluding carboxylic acids is 1. The number of carbonyl (C=O) groups is 1. The molecule has 23 heavy (non-hydrogen) atoms. The van der Waals surface area contributed by atoms with Gasteiger partial charge in [-0.05, 0) is 68.5 Å². The van der Waals surface area contributed by atoms with Gasteiger partial charge in [0.15, 0.2) is 0 Å². The summed E-state index contributed by atoms with van der Waals surface area (Å²) in [6.07, 6.45) is 3.81. The summed E-state index contributed by atoms with van der Waals surface area (Å²) in [6, 6.07) is 8.66. The summed E-state index contributed by atoms with van der Waals surface area (Å²) < 4.78 is 5.79. The van der Waals surface area contributed by atoms with Gasteiger partial charge in [-0.15, -0.1) is 0 Å². The standard InChI is InChI=1S/C18H25N3O2/c19-18(22)12-2-4-13(5-3-12)23-9-1-8-21-16-6-7-17(21)15-11-20-10-14(15)16/h2-5,14-17,20H,1,6-11H2,(H2,19,22)/t14-,15+,16-,17+. The molecule has 1 aromatic rings. The molecule has 3 saturated heterocycles. The van der Waals surface area contributed by atoms with Gasteiger partial charge in [0.05, 0.1) is 6.61 Å². The van der Waals surface area contributed by atoms with Gasteiger partial charge in [0.2, 0.25) is 5.91 Å². The number of ether oxygens (including phenoxy) is 1. The lowest BCUT2D eigenvalue weighted by Gasteiger charge is -2.24. The van der Waals surface area contributed by atoms with Crippen molar-refractivity contribution >= 4 is 5.91 Å². The zero-order valence-electron chi connectivity index (χ0n) is 13.4. The van der Waals surface area contributed by atoms with Crippen LogP contribution in [0.4, 0.5) is 0 Å². The molecule has 4 atom stereocenters. The molecular weight excluding hydrogens is 290 g/mol. The van der Waals surface area contributed by atoms with Crippen LogP contribution >= 0.6 is 0 Å². The molecular formula is C18H25N3O2. The van der Waals surface area contributed by atoms with Crippen molar-refractivity contribution in [3.05, 3.63) is 29.8 Å². The van der Waals surface area contributed by atoms with Crippen LogP contribution in [0.3, 0.4) is 0 Å². The predicted molar refractivity (Wildman–Crippen MR) is 88.4 cm³/mol. The number of benzene rings is 1. The zero-order valence-corrected chi connectivity index (χ0v) is 13.4. The maximum atomic E-state index is 11.0. The Balaban J connectivity index is 1.24. The summed E-state index contributed by atoms with van der Waals surface area (Å²) in [7, 11) is 0. The van der Waals surface area contributed by atoms with Crippen LogP contribution in [-0.2, 0) is 0 Å². The number of rotatable bonds is 6. The van der Waals surface area contributed by atoms with E-state index in [1.807, 2.05) is 12.1 Å². The zero-order chi connectivity index (χ0) is 15.8. The molecule has 0 aliphatic carbocycles. The third-order valence-corrected chi connectivity index (χ3v) is 5.88. The van der Waals surface area contributed by atoms with Gasteiger partial charge >= 0.3 is 0 Å². The van der Waals surface area contributed by atoms with Crippen molar-refractivity contribution in [2.24, 2.45) is 17.6 Å². The molecule has 3 N–H and O–H groups in total. The van der Waals surface area contributed by atoms with Gasteiger partial charge in [0, 0.05) is 24.2 Å². The quantitative estimate of drug-likeness (QED) is 0.775. The van der Waals surface area contributed by atoms with Gasteiger partial charge in [-0.25, -0.2) is 0 Å². The first kappa shape index (κ1) is 15.0. The van der Waals surface area contributed by atoms with Crippen LogP contribution in [-0.4, -0.2) is 49.1 Å². The van der Waals surface area contributed by atoms with Crippen LogP contribution in [0.5, 0.6) is 5.75 Å². The van der Waals surface area contributed by atoms with Crippen LogP contribution < -0.4 is 15.8 Å². The largest absolute Gasteiger partial charge is 0.494 e. The fraction of sp³-hybridized carbons (Fsp3) is 0.611. The summed E-state index contributed by atoms with van der Waals surface area (Å²) in [5.41, 5.74) is 5.76. The van der Waals surface area contributed by atoms with Gasteiger partial charge < -0.3 is 15.8 Å². The van der Waals surface area contributed by atoms with Gasteiger partial charge in [-0.1, -0.05) is 0 Å². The molecule has 3 aliphatic rings. The first-order chi connectivity index (χ1) is 11.2. The lowest BCUT2D eigenvalue weighted by molar-refractivity contribution is 0.100. The third-order valence-electron chi connectivity index (χ3n) is 5.88. The van der Waals surface area contributed by atoms with Gasteiger partial charge in [0.25, 0.3) is 0 Å². The van der Waals surface area contributed by atoms with E-state index in [-0.39, 0.29) is 0 Å². The number of amides is 1. The fourth-order valence-electron chi connectivity index (χ4n) is 4.89. The Morgan fingerprint density at radius 2 is 1.83 bits per heavy atom. The van der Waals surface area contributed by atoms with E-state index in [0.29, 0.717) is 5.56 Å². The Morgan fingerprint density at radius 1 is 1.17 bits per heavy atom. The SMILES string of the molecule is NC(=O)c1ccc(OCCCN2[C@@H]3CC[C@H]2[C@H]2CNC[C@H]23)cc1. The Bertz CT molecular complexity index is 556. The van der Waals surface area contributed by atoms with Crippen molar-refractivity contribution < 1.29 is 9.53 Å². The molecule has 2 bridgehead atoms. The Hall–Kier alpha value is -1.59. The highest BCUT2D eigenvalue weighted by atomic mass is 16.5. The highest BCUT2D eigenvalue weighted by molar-refractivity contribution is 5.92. The molecule has 0 spiro atoms. The Labute approximate surface area is 137 Å². The average Bonchev–Trinajstić information content (AvgIpc) is 3.24. The topological polar surface area (TPSA) is 67.6 Å². The number of hydrogen-bond acceptors (Lipinski definition) is 4. The molecule has 124 valence electrons. The molecule has 1 amide bonds. The van der Waals surface area contributed by atoms with Crippen molar-refractivity contribution in [2.45, 2.75) is 31.3 Å². The van der Waals surface area contributed by atoms with Gasteiger partial charge in [-0.2, -0.15) is 0 Å². The Kier molecular flexibility index (Phi) is 3.99. The van der Waals surface area contributed by atoms with Crippen LogP contribution in [0.2, 0.25) is 0 Å². The van der Waals surface area contributed by atoms with E-state index in [4.69, 9.17) is 10.5 Å². The second-order valence-corrected chi connectivity index (χ2v) is 7.03. The molecule has 0 aromatic heterocycles. The van der Waals surface area contributed by atoms with Crippen LogP contribution in [0.1, 0.15) is 29.6 Å². The van der Waals surface area contributed by atoms with Crippen LogP contribution in [0.25, 0.3) is 0 Å². The van der Waals surface area contributed by atoms with E-state index in [0.717, 1.165) is 49.2 Å². The predicted octanol–water partition coefficient (Wildman–Crippen LogP) is 1.24. The molecule has 5 nitrogen and oxygen atoms in total. The summed E-state index contributed by atoms with van der Waals surface area (Å²) in [4.78, 5) is 13.8. The molecule has 3 fully saturated rings. The summed E-state index contributed by atoms with van der Waals surface area (Å²) in [5, 5.41) is 3.56. The Morgan fingerprint density at radius 3 is 2.43 bits per heavy atom. The minimum atomic E-state index is -0.402. The molecule has 1 aromatic carbocycles. The molecule has 0 unspecified atom stereocenters. The number of nitrogens with one attached hydrogen (secondary N) is 1. The molecule has 0 saturated carbocycles. The molecule has 3 heterocycles. The van der Waals surface area contributed by atoms with E-state index in [1.54, 1.807) is 12.1 Å². The highest BCUT2D eigenvalue weighted by Crippen LogP contribution is 2.47. The first-order valence-corrected chi connectivity index (χ1v) is 8.73. The number of nitrogens with two attached hydrogens (primary N) is 1. The molecule has 5 heteroatoms. The lowest BCUT2D eigenvalue weighted by atomic mass is 9.82. The lowest BCUT2D eigenvalue weighted by Crippen LogP contribution is -2.35. The number of primary amides is 1.